The van der Waals surface area contributed by atoms with Crippen molar-refractivity contribution in [2.75, 3.05) is 32.8 Å². The largest absolute Gasteiger partial charge is 0.378 e. The Morgan fingerprint density at radius 2 is 2.11 bits per heavy atom. The Labute approximate surface area is 111 Å². The fraction of sp³-hybridized carbons (Fsp3) is 0.636. The van der Waals surface area contributed by atoms with E-state index in [1.807, 2.05) is 4.90 Å². The van der Waals surface area contributed by atoms with Gasteiger partial charge < -0.3 is 15.0 Å². The van der Waals surface area contributed by atoms with Crippen molar-refractivity contribution in [1.29, 1.82) is 0 Å². The molecule has 2 N–H and O–H groups in total. The van der Waals surface area contributed by atoms with Gasteiger partial charge in [0.1, 0.15) is 0 Å². The first-order chi connectivity index (χ1) is 8.36. The number of amides is 1. The standard InChI is InChI=1S/C11H16N4O2.ClH/c16-11(15-3-5-17-6-4-15)10-8-7-12-2-1-9(8)13-14-10;/h12H,1-7H2,(H,13,14);1H. The molecule has 3 heterocycles. The molecule has 7 heteroatoms. The van der Waals surface area contributed by atoms with Gasteiger partial charge in [-0.25, -0.2) is 0 Å². The molecule has 1 fully saturated rings. The number of carbonyl (C=O) groups excluding carboxylic acids is 1. The van der Waals surface area contributed by atoms with Crippen LogP contribution < -0.4 is 5.32 Å². The minimum Gasteiger partial charge on any atom is -0.378 e. The molecule has 0 unspecified atom stereocenters. The van der Waals surface area contributed by atoms with E-state index in [9.17, 15) is 4.79 Å². The van der Waals surface area contributed by atoms with Crippen molar-refractivity contribution in [3.8, 4) is 0 Å². The van der Waals surface area contributed by atoms with E-state index < -0.39 is 0 Å². The average Bonchev–Trinajstić information content (AvgIpc) is 2.83. The third-order valence-corrected chi connectivity index (χ3v) is 3.31. The number of hydrogen-bond donors (Lipinski definition) is 2. The first-order valence-corrected chi connectivity index (χ1v) is 6.00. The summed E-state index contributed by atoms with van der Waals surface area (Å²) in [5.41, 5.74) is 2.71. The summed E-state index contributed by atoms with van der Waals surface area (Å²) in [6.07, 6.45) is 0.915. The molecule has 0 saturated carbocycles. The lowest BCUT2D eigenvalue weighted by molar-refractivity contribution is 0.0298. The van der Waals surface area contributed by atoms with E-state index in [4.69, 9.17) is 4.74 Å². The van der Waals surface area contributed by atoms with E-state index in [-0.39, 0.29) is 18.3 Å². The molecule has 0 bridgehead atoms. The number of H-pyrrole nitrogens is 1. The molecular weight excluding hydrogens is 256 g/mol. The minimum absolute atomic E-state index is 0. The fourth-order valence-electron chi connectivity index (χ4n) is 2.32. The zero-order chi connectivity index (χ0) is 11.7. The minimum atomic E-state index is 0. The molecule has 1 aromatic heterocycles. The van der Waals surface area contributed by atoms with Gasteiger partial charge in [-0.1, -0.05) is 0 Å². The van der Waals surface area contributed by atoms with Crippen LogP contribution in [0.4, 0.5) is 0 Å². The number of nitrogens with one attached hydrogen (secondary N) is 2. The van der Waals surface area contributed by atoms with Crippen LogP contribution in [0.3, 0.4) is 0 Å². The second-order valence-corrected chi connectivity index (χ2v) is 4.36. The maximum Gasteiger partial charge on any atom is 0.274 e. The molecule has 100 valence electrons. The second kappa shape index (κ2) is 5.69. The molecule has 0 atom stereocenters. The normalized spacial score (nSPS) is 19.0. The number of morpholine rings is 1. The number of aromatic amines is 1. The molecule has 0 aliphatic carbocycles. The SMILES string of the molecule is Cl.O=C(c1n[nH]c2c1CNCC2)N1CCOCC1. The van der Waals surface area contributed by atoms with Crippen LogP contribution in [0, 0.1) is 0 Å². The molecule has 18 heavy (non-hydrogen) atoms. The van der Waals surface area contributed by atoms with Crippen LogP contribution in [-0.2, 0) is 17.7 Å². The molecule has 1 aromatic rings. The molecule has 1 amide bonds. The Balaban J connectivity index is 0.00000120. The van der Waals surface area contributed by atoms with Crippen molar-refractivity contribution in [3.05, 3.63) is 17.0 Å². The third-order valence-electron chi connectivity index (χ3n) is 3.31. The molecule has 0 spiro atoms. The highest BCUT2D eigenvalue weighted by Gasteiger charge is 2.26. The van der Waals surface area contributed by atoms with Crippen molar-refractivity contribution in [2.24, 2.45) is 0 Å². The predicted octanol–water partition coefficient (Wildman–Crippen LogP) is -0.0504. The number of rotatable bonds is 1. The van der Waals surface area contributed by atoms with Gasteiger partial charge >= 0.3 is 0 Å². The summed E-state index contributed by atoms with van der Waals surface area (Å²) in [7, 11) is 0. The van der Waals surface area contributed by atoms with Gasteiger partial charge in [0.2, 0.25) is 0 Å². The van der Waals surface area contributed by atoms with Crippen LogP contribution in [-0.4, -0.2) is 53.9 Å². The zero-order valence-corrected chi connectivity index (χ0v) is 10.9. The van der Waals surface area contributed by atoms with Crippen molar-refractivity contribution in [3.63, 3.8) is 0 Å². The first-order valence-electron chi connectivity index (χ1n) is 6.00. The number of carbonyl (C=O) groups is 1. The van der Waals surface area contributed by atoms with Crippen LogP contribution in [0.15, 0.2) is 0 Å². The van der Waals surface area contributed by atoms with Gasteiger partial charge in [-0.05, 0) is 0 Å². The van der Waals surface area contributed by atoms with Crippen LogP contribution >= 0.6 is 12.4 Å². The summed E-state index contributed by atoms with van der Waals surface area (Å²) in [5.74, 6) is 0.0227. The van der Waals surface area contributed by atoms with E-state index in [2.05, 4.69) is 15.5 Å². The average molecular weight is 273 g/mol. The van der Waals surface area contributed by atoms with Crippen molar-refractivity contribution in [1.82, 2.24) is 20.4 Å². The lowest BCUT2D eigenvalue weighted by Crippen LogP contribution is -2.41. The van der Waals surface area contributed by atoms with Crippen molar-refractivity contribution < 1.29 is 9.53 Å². The number of halogens is 1. The molecular formula is C11H17ClN4O2. The van der Waals surface area contributed by atoms with E-state index in [0.717, 1.165) is 30.8 Å². The van der Waals surface area contributed by atoms with Crippen LogP contribution in [0.5, 0.6) is 0 Å². The number of aromatic nitrogens is 2. The highest BCUT2D eigenvalue weighted by atomic mass is 35.5. The smallest absolute Gasteiger partial charge is 0.274 e. The van der Waals surface area contributed by atoms with Crippen LogP contribution in [0.25, 0.3) is 0 Å². The Bertz CT molecular complexity index is 429. The van der Waals surface area contributed by atoms with E-state index >= 15 is 0 Å². The lowest BCUT2D eigenvalue weighted by Gasteiger charge is -2.26. The van der Waals surface area contributed by atoms with Crippen molar-refractivity contribution >= 4 is 18.3 Å². The van der Waals surface area contributed by atoms with E-state index in [1.54, 1.807) is 0 Å². The van der Waals surface area contributed by atoms with Gasteiger partial charge in [-0.2, -0.15) is 5.10 Å². The van der Waals surface area contributed by atoms with Crippen LogP contribution in [0.2, 0.25) is 0 Å². The molecule has 2 aliphatic heterocycles. The number of hydrogen-bond acceptors (Lipinski definition) is 4. The summed E-state index contributed by atoms with van der Waals surface area (Å²) in [4.78, 5) is 14.1. The van der Waals surface area contributed by atoms with E-state index in [1.165, 1.54) is 0 Å². The quantitative estimate of drug-likeness (QED) is 0.752. The topological polar surface area (TPSA) is 70.2 Å². The Kier molecular flexibility index (Phi) is 4.21. The Morgan fingerprint density at radius 1 is 1.33 bits per heavy atom. The van der Waals surface area contributed by atoms with Crippen LogP contribution in [0.1, 0.15) is 21.7 Å². The molecule has 0 radical (unpaired) electrons. The molecule has 1 saturated heterocycles. The number of ether oxygens (including phenoxy) is 1. The summed E-state index contributed by atoms with van der Waals surface area (Å²) in [6, 6.07) is 0. The Morgan fingerprint density at radius 3 is 2.89 bits per heavy atom. The third kappa shape index (κ3) is 2.36. The predicted molar refractivity (Wildman–Crippen MR) is 68.0 cm³/mol. The van der Waals surface area contributed by atoms with E-state index in [0.29, 0.717) is 32.0 Å². The molecule has 2 aliphatic rings. The highest BCUT2D eigenvalue weighted by Crippen LogP contribution is 2.17. The zero-order valence-electron chi connectivity index (χ0n) is 10.1. The molecule has 6 nitrogen and oxygen atoms in total. The first kappa shape index (κ1) is 13.3. The fourth-order valence-corrected chi connectivity index (χ4v) is 2.32. The van der Waals surface area contributed by atoms with Gasteiger partial charge in [0.25, 0.3) is 5.91 Å². The lowest BCUT2D eigenvalue weighted by atomic mass is 10.1. The van der Waals surface area contributed by atoms with Gasteiger partial charge in [0, 0.05) is 43.9 Å². The van der Waals surface area contributed by atoms with Gasteiger partial charge in [0.15, 0.2) is 5.69 Å². The van der Waals surface area contributed by atoms with Crippen molar-refractivity contribution in [2.45, 2.75) is 13.0 Å². The van der Waals surface area contributed by atoms with Gasteiger partial charge in [-0.15, -0.1) is 12.4 Å². The monoisotopic (exact) mass is 272 g/mol. The summed E-state index contributed by atoms with van der Waals surface area (Å²) < 4.78 is 5.25. The van der Waals surface area contributed by atoms with Gasteiger partial charge in [-0.3, -0.25) is 9.89 Å². The maximum atomic E-state index is 12.3. The Hall–Kier alpha value is -1.11. The maximum absolute atomic E-state index is 12.3. The summed E-state index contributed by atoms with van der Waals surface area (Å²) in [6.45, 7) is 4.24. The molecule has 3 rings (SSSR count). The number of fused-ring (bicyclic) bond motifs is 1. The second-order valence-electron chi connectivity index (χ2n) is 4.36. The number of nitrogens with zero attached hydrogens (tertiary/aromatic N) is 2. The van der Waals surface area contributed by atoms with Gasteiger partial charge in [0.05, 0.1) is 13.2 Å². The summed E-state index contributed by atoms with van der Waals surface area (Å²) >= 11 is 0. The highest BCUT2D eigenvalue weighted by molar-refractivity contribution is 5.94. The summed E-state index contributed by atoms with van der Waals surface area (Å²) in [5, 5.41) is 10.4. The molecule has 0 aromatic carbocycles.